The first kappa shape index (κ1) is 21.0. The molecule has 0 aliphatic heterocycles. The van der Waals surface area contributed by atoms with Gasteiger partial charge in [0.1, 0.15) is 0 Å². The summed E-state index contributed by atoms with van der Waals surface area (Å²) in [7, 11) is 0. The molecule has 5 rings (SSSR count). The molecular formula is C26H24Cl4. The number of rotatable bonds is 1. The van der Waals surface area contributed by atoms with Crippen molar-refractivity contribution >= 4 is 57.2 Å². The Kier molecular flexibility index (Phi) is 4.12. The van der Waals surface area contributed by atoms with Gasteiger partial charge in [0.05, 0.1) is 20.1 Å². The van der Waals surface area contributed by atoms with Crippen LogP contribution in [0.2, 0.25) is 20.1 Å². The SMILES string of the molecule is CC1(C)c2c(Cl)c(Cl)c(Cl)c(Cl)c2C1(C)C1(C)c2cccc3cccc(c23)C1(C)C. The molecule has 2 unspecified atom stereocenters. The van der Waals surface area contributed by atoms with Crippen molar-refractivity contribution in [3.05, 3.63) is 78.7 Å². The molecule has 0 heterocycles. The van der Waals surface area contributed by atoms with Gasteiger partial charge in [-0.3, -0.25) is 0 Å². The predicted molar refractivity (Wildman–Crippen MR) is 131 cm³/mol. The molecule has 0 aromatic heterocycles. The Morgan fingerprint density at radius 3 is 1.60 bits per heavy atom. The smallest absolute Gasteiger partial charge is 0.0796 e. The van der Waals surface area contributed by atoms with E-state index in [9.17, 15) is 0 Å². The summed E-state index contributed by atoms with van der Waals surface area (Å²) in [5, 5.41) is 4.39. The average molecular weight is 478 g/mol. The zero-order valence-corrected chi connectivity index (χ0v) is 21.0. The fraction of sp³-hybridized carbons (Fsp3) is 0.385. The lowest BCUT2D eigenvalue weighted by molar-refractivity contribution is 0.0585. The lowest BCUT2D eigenvalue weighted by atomic mass is 9.35. The van der Waals surface area contributed by atoms with Gasteiger partial charge in [0.25, 0.3) is 0 Å². The van der Waals surface area contributed by atoms with Crippen LogP contribution in [0.1, 0.15) is 63.8 Å². The number of benzene rings is 3. The molecule has 30 heavy (non-hydrogen) atoms. The van der Waals surface area contributed by atoms with Crippen LogP contribution in [0.4, 0.5) is 0 Å². The average Bonchev–Trinajstić information content (AvgIpc) is 2.89. The second-order valence-electron chi connectivity index (χ2n) is 10.2. The molecular weight excluding hydrogens is 454 g/mol. The maximum absolute atomic E-state index is 6.90. The molecule has 0 fully saturated rings. The molecule has 0 nitrogen and oxygen atoms in total. The van der Waals surface area contributed by atoms with Crippen molar-refractivity contribution in [1.29, 1.82) is 0 Å². The van der Waals surface area contributed by atoms with Crippen molar-refractivity contribution in [2.45, 2.75) is 63.2 Å². The summed E-state index contributed by atoms with van der Waals surface area (Å²) in [4.78, 5) is 0. The van der Waals surface area contributed by atoms with E-state index in [1.807, 2.05) is 0 Å². The third-order valence-corrected chi connectivity index (χ3v) is 10.8. The molecule has 0 amide bonds. The summed E-state index contributed by atoms with van der Waals surface area (Å²) in [6.07, 6.45) is 0. The Labute approximate surface area is 198 Å². The first-order chi connectivity index (χ1) is 13.8. The third-order valence-electron chi connectivity index (χ3n) is 9.01. The van der Waals surface area contributed by atoms with Crippen LogP contribution in [0, 0.1) is 0 Å². The molecule has 2 aliphatic rings. The monoisotopic (exact) mass is 476 g/mol. The van der Waals surface area contributed by atoms with Crippen LogP contribution < -0.4 is 0 Å². The van der Waals surface area contributed by atoms with E-state index in [4.69, 9.17) is 46.4 Å². The van der Waals surface area contributed by atoms with Crippen molar-refractivity contribution < 1.29 is 0 Å². The molecule has 0 radical (unpaired) electrons. The summed E-state index contributed by atoms with van der Waals surface area (Å²) < 4.78 is 0. The van der Waals surface area contributed by atoms with Gasteiger partial charge in [-0.15, -0.1) is 0 Å². The van der Waals surface area contributed by atoms with E-state index < -0.39 is 0 Å². The molecule has 0 saturated heterocycles. The Balaban J connectivity index is 1.94. The highest BCUT2D eigenvalue weighted by atomic mass is 35.5. The fourth-order valence-corrected chi connectivity index (χ4v) is 8.12. The van der Waals surface area contributed by atoms with Gasteiger partial charge in [0, 0.05) is 21.7 Å². The highest BCUT2D eigenvalue weighted by Crippen LogP contribution is 2.74. The van der Waals surface area contributed by atoms with Gasteiger partial charge in [-0.2, -0.15) is 0 Å². The molecule has 156 valence electrons. The molecule has 2 atom stereocenters. The van der Waals surface area contributed by atoms with E-state index in [-0.39, 0.29) is 21.7 Å². The van der Waals surface area contributed by atoms with E-state index >= 15 is 0 Å². The Hall–Kier alpha value is -0.920. The summed E-state index contributed by atoms with van der Waals surface area (Å²) in [5.74, 6) is 0. The van der Waals surface area contributed by atoms with E-state index in [0.717, 1.165) is 11.1 Å². The Morgan fingerprint density at radius 2 is 1.03 bits per heavy atom. The summed E-state index contributed by atoms with van der Waals surface area (Å²) in [6, 6.07) is 13.3. The van der Waals surface area contributed by atoms with Gasteiger partial charge in [0.2, 0.25) is 0 Å². The summed E-state index contributed by atoms with van der Waals surface area (Å²) in [6.45, 7) is 13.9. The molecule has 3 aromatic rings. The second kappa shape index (κ2) is 5.90. The van der Waals surface area contributed by atoms with E-state index in [2.05, 4.69) is 77.9 Å². The highest BCUT2D eigenvalue weighted by molar-refractivity contribution is 6.52. The zero-order valence-electron chi connectivity index (χ0n) is 18.0. The lowest BCUT2D eigenvalue weighted by Gasteiger charge is -2.67. The van der Waals surface area contributed by atoms with Crippen molar-refractivity contribution in [3.8, 4) is 0 Å². The maximum atomic E-state index is 6.90. The second-order valence-corrected chi connectivity index (χ2v) is 11.7. The van der Waals surface area contributed by atoms with Gasteiger partial charge in [-0.1, -0.05) is 124 Å². The lowest BCUT2D eigenvalue weighted by Crippen LogP contribution is -2.68. The van der Waals surface area contributed by atoms with Crippen LogP contribution in [-0.2, 0) is 21.7 Å². The minimum Gasteiger partial charge on any atom is -0.0823 e. The van der Waals surface area contributed by atoms with Crippen molar-refractivity contribution in [2.75, 3.05) is 0 Å². The molecule has 0 N–H and O–H groups in total. The van der Waals surface area contributed by atoms with Crippen LogP contribution in [0.25, 0.3) is 10.8 Å². The Morgan fingerprint density at radius 1 is 0.533 bits per heavy atom. The molecule has 0 spiro atoms. The number of hydrogen-bond donors (Lipinski definition) is 0. The van der Waals surface area contributed by atoms with Crippen LogP contribution in [0.5, 0.6) is 0 Å². The maximum Gasteiger partial charge on any atom is 0.0796 e. The van der Waals surface area contributed by atoms with Crippen molar-refractivity contribution in [1.82, 2.24) is 0 Å². The van der Waals surface area contributed by atoms with Crippen LogP contribution in [0.3, 0.4) is 0 Å². The zero-order chi connectivity index (χ0) is 22.0. The van der Waals surface area contributed by atoms with Crippen molar-refractivity contribution in [2.24, 2.45) is 0 Å². The number of fused-ring (bicyclic) bond motifs is 1. The molecule has 0 bridgehead atoms. The molecule has 0 saturated carbocycles. The Bertz CT molecular complexity index is 1260. The predicted octanol–water partition coefficient (Wildman–Crippen LogP) is 9.25. The molecule has 3 aromatic carbocycles. The summed E-state index contributed by atoms with van der Waals surface area (Å²) >= 11 is 26.7. The van der Waals surface area contributed by atoms with Crippen LogP contribution in [0.15, 0.2) is 36.4 Å². The van der Waals surface area contributed by atoms with E-state index in [1.165, 1.54) is 21.9 Å². The standard InChI is InChI=1S/C26H24Cl4/c1-23(2)14-11-7-9-13-10-8-12-15(16(13)14)25(23,5)26(6)18-17(24(26,3)4)19(27)21(29)22(30)20(18)28/h7-12H,1-6H3. The fourth-order valence-electron chi connectivity index (χ4n) is 6.84. The number of halogens is 4. The molecule has 4 heteroatoms. The van der Waals surface area contributed by atoms with Gasteiger partial charge in [0.15, 0.2) is 0 Å². The normalized spacial score (nSPS) is 27.8. The quantitative estimate of drug-likeness (QED) is 0.242. The number of hydrogen-bond acceptors (Lipinski definition) is 0. The minimum absolute atomic E-state index is 0.137. The van der Waals surface area contributed by atoms with Gasteiger partial charge >= 0.3 is 0 Å². The van der Waals surface area contributed by atoms with Gasteiger partial charge < -0.3 is 0 Å². The molecule has 2 aliphatic carbocycles. The third kappa shape index (κ3) is 1.91. The van der Waals surface area contributed by atoms with Gasteiger partial charge in [-0.25, -0.2) is 0 Å². The van der Waals surface area contributed by atoms with Crippen LogP contribution >= 0.6 is 46.4 Å². The van der Waals surface area contributed by atoms with E-state index in [1.54, 1.807) is 0 Å². The van der Waals surface area contributed by atoms with Crippen LogP contribution in [-0.4, -0.2) is 0 Å². The topological polar surface area (TPSA) is 0 Å². The van der Waals surface area contributed by atoms with E-state index in [0.29, 0.717) is 20.1 Å². The largest absolute Gasteiger partial charge is 0.0823 e. The van der Waals surface area contributed by atoms with Crippen molar-refractivity contribution in [3.63, 3.8) is 0 Å². The highest BCUT2D eigenvalue weighted by Gasteiger charge is 2.71. The summed E-state index contributed by atoms with van der Waals surface area (Å²) in [5.41, 5.74) is 3.84. The minimum atomic E-state index is -0.318. The first-order valence-corrected chi connectivity index (χ1v) is 11.8. The first-order valence-electron chi connectivity index (χ1n) is 10.2. The van der Waals surface area contributed by atoms with Gasteiger partial charge in [-0.05, 0) is 33.0 Å².